The summed E-state index contributed by atoms with van der Waals surface area (Å²) in [5, 5.41) is 0. The standard InChI is InChI=1S/C22H19.ClH.Hf/c1-3-7-17-15(5-1)9-11-19(17)21-13-14-22(21)20-12-10-16-6-2-4-8-18(16)20;;/h1-12,19-21H,13-14H2;1H;/q-1;;/p-1. The van der Waals surface area contributed by atoms with E-state index in [4.69, 9.17) is 0 Å². The Morgan fingerprint density at radius 3 is 2.12 bits per heavy atom. The Labute approximate surface area is 169 Å². The number of allylic oxidation sites excluding steroid dienone is 2. The third kappa shape index (κ3) is 2.70. The maximum atomic E-state index is 2.43. The van der Waals surface area contributed by atoms with Gasteiger partial charge in [-0.2, -0.15) is 12.3 Å². The van der Waals surface area contributed by atoms with E-state index < -0.39 is 0 Å². The van der Waals surface area contributed by atoms with Crippen LogP contribution < -0.4 is 12.4 Å². The molecule has 0 N–H and O–H groups in total. The predicted molar refractivity (Wildman–Crippen MR) is 92.4 cm³/mol. The molecule has 2 heteroatoms. The first-order chi connectivity index (χ1) is 10.9. The molecular weight excluding hydrogens is 478 g/mol. The van der Waals surface area contributed by atoms with Crippen LogP contribution in [0.3, 0.4) is 0 Å². The molecular formula is C22H19ClHf-2. The second-order valence-electron chi connectivity index (χ2n) is 6.70. The van der Waals surface area contributed by atoms with Crippen LogP contribution in [0.2, 0.25) is 0 Å². The Morgan fingerprint density at radius 1 is 0.792 bits per heavy atom. The van der Waals surface area contributed by atoms with Gasteiger partial charge in [-0.25, -0.2) is 0 Å². The van der Waals surface area contributed by atoms with Crippen LogP contribution in [0, 0.1) is 11.8 Å². The van der Waals surface area contributed by atoms with Crippen LogP contribution in [-0.4, -0.2) is 0 Å². The SMILES string of the molecule is C1=CC([C-]2CCC2C2C=Cc3ccccc32)c2ccccc21.[Cl-].[Hf]. The summed E-state index contributed by atoms with van der Waals surface area (Å²) >= 11 is 0. The number of rotatable bonds is 2. The van der Waals surface area contributed by atoms with E-state index in [1.165, 1.54) is 35.1 Å². The second kappa shape index (κ2) is 7.14. The minimum atomic E-state index is 0. The molecule has 3 atom stereocenters. The van der Waals surface area contributed by atoms with Gasteiger partial charge in [-0.05, 0) is 22.6 Å². The predicted octanol–water partition coefficient (Wildman–Crippen LogP) is 2.59. The molecule has 0 bridgehead atoms. The van der Waals surface area contributed by atoms with E-state index in [0.29, 0.717) is 11.8 Å². The molecule has 0 aromatic heterocycles. The van der Waals surface area contributed by atoms with Gasteiger partial charge in [0.15, 0.2) is 0 Å². The molecule has 1 saturated carbocycles. The van der Waals surface area contributed by atoms with Crippen molar-refractivity contribution in [1.29, 1.82) is 0 Å². The molecule has 2 aromatic carbocycles. The second-order valence-corrected chi connectivity index (χ2v) is 6.70. The van der Waals surface area contributed by atoms with Crippen LogP contribution in [-0.2, 0) is 25.8 Å². The van der Waals surface area contributed by atoms with Crippen LogP contribution in [0.5, 0.6) is 0 Å². The quantitative estimate of drug-likeness (QED) is 0.442. The van der Waals surface area contributed by atoms with E-state index in [2.05, 4.69) is 72.8 Å². The van der Waals surface area contributed by atoms with E-state index in [1.807, 2.05) is 0 Å². The van der Waals surface area contributed by atoms with Crippen molar-refractivity contribution in [2.75, 3.05) is 0 Å². The average molecular weight is 497 g/mol. The van der Waals surface area contributed by atoms with Gasteiger partial charge < -0.3 is 12.4 Å². The van der Waals surface area contributed by atoms with Gasteiger partial charge in [0.1, 0.15) is 0 Å². The van der Waals surface area contributed by atoms with Crippen molar-refractivity contribution in [3.63, 3.8) is 0 Å². The van der Waals surface area contributed by atoms with Crippen molar-refractivity contribution in [3.8, 4) is 0 Å². The fourth-order valence-electron chi connectivity index (χ4n) is 4.47. The average Bonchev–Trinajstić information content (AvgIpc) is 3.12. The van der Waals surface area contributed by atoms with E-state index in [-0.39, 0.29) is 38.3 Å². The molecule has 2 aromatic rings. The van der Waals surface area contributed by atoms with Gasteiger partial charge in [0, 0.05) is 25.8 Å². The van der Waals surface area contributed by atoms with Crippen molar-refractivity contribution in [3.05, 3.63) is 88.9 Å². The Hall–Kier alpha value is -0.920. The normalized spacial score (nSPS) is 26.1. The Bertz CT molecular complexity index is 725. The summed E-state index contributed by atoms with van der Waals surface area (Å²) in [5.74, 6) is 3.62. The molecule has 0 nitrogen and oxygen atoms in total. The van der Waals surface area contributed by atoms with Crippen molar-refractivity contribution in [2.24, 2.45) is 5.92 Å². The number of benzene rings is 2. The van der Waals surface area contributed by atoms with Gasteiger partial charge in [0.25, 0.3) is 0 Å². The number of hydrogen-bond donors (Lipinski definition) is 0. The Morgan fingerprint density at radius 2 is 1.42 bits per heavy atom. The maximum Gasteiger partial charge on any atom is 0 e. The number of hydrogen-bond acceptors (Lipinski definition) is 0. The van der Waals surface area contributed by atoms with Gasteiger partial charge >= 0.3 is 0 Å². The van der Waals surface area contributed by atoms with E-state index in [1.54, 1.807) is 5.92 Å². The summed E-state index contributed by atoms with van der Waals surface area (Å²) in [7, 11) is 0. The largest absolute Gasteiger partial charge is 1.00 e. The Balaban J connectivity index is 0.000000845. The molecule has 0 amide bonds. The molecule has 3 unspecified atom stereocenters. The third-order valence-corrected chi connectivity index (χ3v) is 5.69. The van der Waals surface area contributed by atoms with E-state index in [9.17, 15) is 0 Å². The Kier molecular flexibility index (Phi) is 5.32. The zero-order chi connectivity index (χ0) is 14.5. The number of halogens is 1. The first kappa shape index (κ1) is 17.9. The van der Waals surface area contributed by atoms with Gasteiger partial charge in [-0.3, -0.25) is 5.92 Å². The van der Waals surface area contributed by atoms with Crippen molar-refractivity contribution < 1.29 is 38.3 Å². The topological polar surface area (TPSA) is 0 Å². The summed E-state index contributed by atoms with van der Waals surface area (Å²) in [6, 6.07) is 17.8. The molecule has 120 valence electrons. The zero-order valence-corrected chi connectivity index (χ0v) is 17.8. The van der Waals surface area contributed by atoms with Crippen LogP contribution in [0.25, 0.3) is 12.2 Å². The van der Waals surface area contributed by atoms with Crippen LogP contribution in [0.4, 0.5) is 0 Å². The molecule has 24 heavy (non-hydrogen) atoms. The van der Waals surface area contributed by atoms with Crippen LogP contribution in [0.1, 0.15) is 46.9 Å². The summed E-state index contributed by atoms with van der Waals surface area (Å²) < 4.78 is 0. The minimum absolute atomic E-state index is 0. The van der Waals surface area contributed by atoms with E-state index >= 15 is 0 Å². The molecule has 0 aliphatic heterocycles. The summed E-state index contributed by atoms with van der Waals surface area (Å²) in [6.45, 7) is 0. The molecule has 0 radical (unpaired) electrons. The molecule has 3 aliphatic rings. The van der Waals surface area contributed by atoms with E-state index in [0.717, 1.165) is 5.92 Å². The summed E-state index contributed by atoms with van der Waals surface area (Å²) in [6.07, 6.45) is 12.1. The molecule has 0 saturated heterocycles. The van der Waals surface area contributed by atoms with Gasteiger partial charge in [-0.15, -0.1) is 18.4 Å². The minimum Gasteiger partial charge on any atom is -1.00 e. The molecule has 1 fully saturated rings. The third-order valence-electron chi connectivity index (χ3n) is 5.69. The monoisotopic (exact) mass is 498 g/mol. The first-order valence-electron chi connectivity index (χ1n) is 8.32. The molecule has 5 rings (SSSR count). The van der Waals surface area contributed by atoms with Crippen molar-refractivity contribution in [2.45, 2.75) is 24.7 Å². The van der Waals surface area contributed by atoms with Gasteiger partial charge in [-0.1, -0.05) is 72.3 Å². The fraction of sp³-hybridized carbons (Fsp3) is 0.227. The first-order valence-corrected chi connectivity index (χ1v) is 8.32. The van der Waals surface area contributed by atoms with Gasteiger partial charge in [0.05, 0.1) is 0 Å². The zero-order valence-electron chi connectivity index (χ0n) is 13.5. The number of fused-ring (bicyclic) bond motifs is 2. The smallest absolute Gasteiger partial charge is 0 e. The fourth-order valence-corrected chi connectivity index (χ4v) is 4.47. The summed E-state index contributed by atoms with van der Waals surface area (Å²) in [5.41, 5.74) is 5.87. The van der Waals surface area contributed by atoms with Crippen LogP contribution >= 0.6 is 0 Å². The molecule has 0 spiro atoms. The van der Waals surface area contributed by atoms with Crippen molar-refractivity contribution >= 4 is 12.2 Å². The summed E-state index contributed by atoms with van der Waals surface area (Å²) in [4.78, 5) is 0. The maximum absolute atomic E-state index is 2.43. The van der Waals surface area contributed by atoms with Crippen molar-refractivity contribution in [1.82, 2.24) is 0 Å². The molecule has 0 heterocycles. The van der Waals surface area contributed by atoms with Gasteiger partial charge in [0.2, 0.25) is 0 Å². The van der Waals surface area contributed by atoms with Crippen LogP contribution in [0.15, 0.2) is 60.7 Å². The molecule has 3 aliphatic carbocycles.